The Hall–Kier alpha value is -0.650. The van der Waals surface area contributed by atoms with Crippen molar-refractivity contribution in [2.75, 3.05) is 6.54 Å². The van der Waals surface area contributed by atoms with Crippen LogP contribution in [0.1, 0.15) is 25.8 Å². The Morgan fingerprint density at radius 3 is 2.42 bits per heavy atom. The van der Waals surface area contributed by atoms with Gasteiger partial charge in [-0.1, -0.05) is 53.5 Å². The van der Waals surface area contributed by atoms with Crippen molar-refractivity contribution in [2.45, 2.75) is 32.1 Å². The molecule has 0 saturated heterocycles. The number of rotatable bonds is 6. The van der Waals surface area contributed by atoms with E-state index in [4.69, 9.17) is 0 Å². The second-order valence-corrected chi connectivity index (χ2v) is 7.60. The van der Waals surface area contributed by atoms with Gasteiger partial charge in [0.15, 0.2) is 0 Å². The molecule has 3 nitrogen and oxygen atoms in total. The SMILES string of the molecule is Cc1ccc(S(=O)(=O)NCC/C(Br)=C\C(C)C)cc1. The van der Waals surface area contributed by atoms with Crippen LogP contribution in [0, 0.1) is 12.8 Å². The number of allylic oxidation sites excluding steroid dienone is 1. The smallest absolute Gasteiger partial charge is 0.211 e. The minimum atomic E-state index is -3.40. The topological polar surface area (TPSA) is 46.2 Å². The van der Waals surface area contributed by atoms with E-state index in [1.807, 2.05) is 6.92 Å². The number of nitrogens with one attached hydrogen (secondary N) is 1. The average Bonchev–Trinajstić information content (AvgIpc) is 2.28. The Morgan fingerprint density at radius 1 is 1.32 bits per heavy atom. The van der Waals surface area contributed by atoms with Gasteiger partial charge in [0.1, 0.15) is 0 Å². The van der Waals surface area contributed by atoms with Crippen molar-refractivity contribution in [2.24, 2.45) is 5.92 Å². The Bertz CT molecular complexity index is 533. The van der Waals surface area contributed by atoms with Crippen LogP contribution in [0.2, 0.25) is 0 Å². The standard InChI is InChI=1S/C14H20BrNO2S/c1-11(2)10-13(15)8-9-16-19(17,18)14-6-4-12(3)5-7-14/h4-7,10-11,16H,8-9H2,1-3H3/b13-10+. The predicted molar refractivity (Wildman–Crippen MR) is 82.8 cm³/mol. The van der Waals surface area contributed by atoms with Crippen molar-refractivity contribution < 1.29 is 8.42 Å². The quantitative estimate of drug-likeness (QED) is 0.856. The molecule has 1 rings (SSSR count). The highest BCUT2D eigenvalue weighted by Gasteiger charge is 2.12. The highest BCUT2D eigenvalue weighted by molar-refractivity contribution is 9.11. The van der Waals surface area contributed by atoms with Crippen molar-refractivity contribution in [3.8, 4) is 0 Å². The third-order valence-electron chi connectivity index (χ3n) is 2.50. The van der Waals surface area contributed by atoms with Gasteiger partial charge in [0.25, 0.3) is 0 Å². The second-order valence-electron chi connectivity index (χ2n) is 4.82. The molecule has 0 unspecified atom stereocenters. The molecule has 0 bridgehead atoms. The number of halogens is 1. The Morgan fingerprint density at radius 2 is 1.89 bits per heavy atom. The molecule has 0 saturated carbocycles. The van der Waals surface area contributed by atoms with Crippen molar-refractivity contribution in [3.05, 3.63) is 40.4 Å². The minimum absolute atomic E-state index is 0.307. The first kappa shape index (κ1) is 16.4. The third kappa shape index (κ3) is 5.89. The summed E-state index contributed by atoms with van der Waals surface area (Å²) in [6.07, 6.45) is 2.73. The van der Waals surface area contributed by atoms with Gasteiger partial charge in [0.05, 0.1) is 4.90 Å². The highest BCUT2D eigenvalue weighted by atomic mass is 79.9. The first-order valence-corrected chi connectivity index (χ1v) is 8.51. The molecular weight excluding hydrogens is 326 g/mol. The van der Waals surface area contributed by atoms with Gasteiger partial charge in [-0.3, -0.25) is 0 Å². The van der Waals surface area contributed by atoms with E-state index in [0.717, 1.165) is 10.0 Å². The van der Waals surface area contributed by atoms with Gasteiger partial charge in [-0.05, 0) is 35.9 Å². The zero-order chi connectivity index (χ0) is 14.5. The van der Waals surface area contributed by atoms with E-state index < -0.39 is 10.0 Å². The summed E-state index contributed by atoms with van der Waals surface area (Å²) in [5.41, 5.74) is 1.04. The van der Waals surface area contributed by atoms with Crippen molar-refractivity contribution in [1.29, 1.82) is 0 Å². The summed E-state index contributed by atoms with van der Waals surface area (Å²) in [7, 11) is -3.40. The van der Waals surface area contributed by atoms with Gasteiger partial charge < -0.3 is 0 Å². The lowest BCUT2D eigenvalue weighted by molar-refractivity contribution is 0.582. The maximum Gasteiger partial charge on any atom is 0.240 e. The molecule has 0 aliphatic carbocycles. The molecule has 1 aromatic rings. The molecule has 1 N–H and O–H groups in total. The van der Waals surface area contributed by atoms with Crippen LogP contribution in [-0.2, 0) is 10.0 Å². The Labute approximate surface area is 124 Å². The van der Waals surface area contributed by atoms with Crippen LogP contribution in [0.3, 0.4) is 0 Å². The molecular formula is C14H20BrNO2S. The van der Waals surface area contributed by atoms with Crippen LogP contribution < -0.4 is 4.72 Å². The molecule has 1 aromatic carbocycles. The number of sulfonamides is 1. The highest BCUT2D eigenvalue weighted by Crippen LogP contribution is 2.14. The van der Waals surface area contributed by atoms with E-state index in [9.17, 15) is 8.42 Å². The van der Waals surface area contributed by atoms with Gasteiger partial charge in [-0.2, -0.15) is 0 Å². The molecule has 0 amide bonds. The fourth-order valence-corrected chi connectivity index (χ4v) is 3.31. The van der Waals surface area contributed by atoms with Crippen LogP contribution in [0.5, 0.6) is 0 Å². The summed E-state index contributed by atoms with van der Waals surface area (Å²) in [6.45, 7) is 6.48. The molecule has 106 valence electrons. The lowest BCUT2D eigenvalue weighted by Gasteiger charge is -2.07. The normalized spacial score (nSPS) is 13.0. The van der Waals surface area contributed by atoms with Gasteiger partial charge >= 0.3 is 0 Å². The summed E-state index contributed by atoms with van der Waals surface area (Å²) in [5.74, 6) is 0.447. The van der Waals surface area contributed by atoms with Crippen LogP contribution in [-0.4, -0.2) is 15.0 Å². The zero-order valence-corrected chi connectivity index (χ0v) is 13.9. The van der Waals surface area contributed by atoms with Crippen molar-refractivity contribution >= 4 is 26.0 Å². The molecule has 0 heterocycles. The molecule has 0 spiro atoms. The van der Waals surface area contributed by atoms with E-state index >= 15 is 0 Å². The fourth-order valence-electron chi connectivity index (χ4n) is 1.55. The van der Waals surface area contributed by atoms with Crippen molar-refractivity contribution in [3.63, 3.8) is 0 Å². The second kappa shape index (κ2) is 7.22. The van der Waals surface area contributed by atoms with Crippen LogP contribution >= 0.6 is 15.9 Å². The molecule has 0 radical (unpaired) electrons. The Kier molecular flexibility index (Phi) is 6.23. The largest absolute Gasteiger partial charge is 0.240 e. The van der Waals surface area contributed by atoms with E-state index in [2.05, 4.69) is 40.6 Å². The van der Waals surface area contributed by atoms with Crippen LogP contribution in [0.25, 0.3) is 0 Å². The molecule has 5 heteroatoms. The van der Waals surface area contributed by atoms with Crippen molar-refractivity contribution in [1.82, 2.24) is 4.72 Å². The monoisotopic (exact) mass is 345 g/mol. The molecule has 0 atom stereocenters. The Balaban J connectivity index is 2.59. The average molecular weight is 346 g/mol. The fraction of sp³-hybridized carbons (Fsp3) is 0.429. The minimum Gasteiger partial charge on any atom is -0.211 e. The van der Waals surface area contributed by atoms with E-state index in [1.165, 1.54) is 0 Å². The molecule has 0 fully saturated rings. The van der Waals surface area contributed by atoms with Crippen LogP contribution in [0.4, 0.5) is 0 Å². The molecule has 0 aliphatic rings. The molecule has 19 heavy (non-hydrogen) atoms. The summed E-state index contributed by atoms with van der Waals surface area (Å²) in [5, 5.41) is 0. The molecule has 0 aliphatic heterocycles. The van der Waals surface area contributed by atoms with E-state index in [0.29, 0.717) is 23.8 Å². The maximum atomic E-state index is 12.0. The number of hydrogen-bond donors (Lipinski definition) is 1. The first-order valence-electron chi connectivity index (χ1n) is 6.24. The summed E-state index contributed by atoms with van der Waals surface area (Å²) in [4.78, 5) is 0.307. The third-order valence-corrected chi connectivity index (χ3v) is 4.64. The van der Waals surface area contributed by atoms with Gasteiger partial charge in [-0.15, -0.1) is 0 Å². The van der Waals surface area contributed by atoms with Crippen LogP contribution in [0.15, 0.2) is 39.7 Å². The lowest BCUT2D eigenvalue weighted by atomic mass is 10.2. The summed E-state index contributed by atoms with van der Waals surface area (Å²) < 4.78 is 27.6. The summed E-state index contributed by atoms with van der Waals surface area (Å²) in [6, 6.07) is 6.83. The van der Waals surface area contributed by atoms with Gasteiger partial charge in [0.2, 0.25) is 10.0 Å². The zero-order valence-electron chi connectivity index (χ0n) is 11.5. The number of hydrogen-bond acceptors (Lipinski definition) is 2. The van der Waals surface area contributed by atoms with Gasteiger partial charge in [0, 0.05) is 6.54 Å². The predicted octanol–water partition coefficient (Wildman–Crippen LogP) is 3.60. The van der Waals surface area contributed by atoms with Gasteiger partial charge in [-0.25, -0.2) is 13.1 Å². The van der Waals surface area contributed by atoms with E-state index in [-0.39, 0.29) is 0 Å². The van der Waals surface area contributed by atoms with E-state index in [1.54, 1.807) is 24.3 Å². The first-order chi connectivity index (χ1) is 8.81. The molecule has 0 aromatic heterocycles. The maximum absolute atomic E-state index is 12.0. The summed E-state index contributed by atoms with van der Waals surface area (Å²) >= 11 is 3.44. The number of benzene rings is 1. The lowest BCUT2D eigenvalue weighted by Crippen LogP contribution is -2.24. The number of aryl methyl sites for hydroxylation is 1.